The van der Waals surface area contributed by atoms with Crippen molar-refractivity contribution in [3.8, 4) is 0 Å². The zero-order chi connectivity index (χ0) is 21.9. The SMILES string of the molecule is Cc1ccc(CCC(=O)c2ccc(CNS(=O)(=O)c3ccc(F)c(Cl)c3)nc2)n1C. The first-order valence-electron chi connectivity index (χ1n) is 9.21. The Hall–Kier alpha value is -2.55. The first-order valence-corrected chi connectivity index (χ1v) is 11.1. The normalized spacial score (nSPS) is 11.6. The number of benzene rings is 1. The van der Waals surface area contributed by atoms with E-state index in [0.29, 0.717) is 24.1 Å². The maximum absolute atomic E-state index is 13.2. The second kappa shape index (κ2) is 9.07. The standard InChI is InChI=1S/C21H21ClFN3O3S/c1-14-3-6-17(26(14)2)7-10-21(27)15-4-5-16(24-12-15)13-25-30(28,29)18-8-9-20(23)19(22)11-18/h3-6,8-9,11-12,25H,7,10,13H2,1-2H3. The van der Waals surface area contributed by atoms with E-state index in [2.05, 4.69) is 14.3 Å². The van der Waals surface area contributed by atoms with E-state index < -0.39 is 15.8 Å². The van der Waals surface area contributed by atoms with Crippen LogP contribution in [0.4, 0.5) is 4.39 Å². The van der Waals surface area contributed by atoms with E-state index in [1.165, 1.54) is 6.20 Å². The molecule has 158 valence electrons. The molecule has 2 heterocycles. The van der Waals surface area contributed by atoms with Crippen LogP contribution in [0.25, 0.3) is 0 Å². The van der Waals surface area contributed by atoms with E-state index in [4.69, 9.17) is 11.6 Å². The minimum Gasteiger partial charge on any atom is -0.352 e. The van der Waals surface area contributed by atoms with Crippen LogP contribution in [0.3, 0.4) is 0 Å². The Labute approximate surface area is 179 Å². The predicted octanol–water partition coefficient (Wildman–Crippen LogP) is 3.82. The molecule has 3 aromatic rings. The molecule has 0 radical (unpaired) electrons. The summed E-state index contributed by atoms with van der Waals surface area (Å²) in [6, 6.07) is 10.4. The Morgan fingerprint density at radius 3 is 2.57 bits per heavy atom. The van der Waals surface area contributed by atoms with Crippen LogP contribution in [0, 0.1) is 12.7 Å². The summed E-state index contributed by atoms with van der Waals surface area (Å²) in [6.07, 6.45) is 2.43. The van der Waals surface area contributed by atoms with Gasteiger partial charge in [0.2, 0.25) is 10.0 Å². The van der Waals surface area contributed by atoms with Gasteiger partial charge in [0.1, 0.15) is 5.82 Å². The maximum atomic E-state index is 13.2. The van der Waals surface area contributed by atoms with Gasteiger partial charge in [0, 0.05) is 36.6 Å². The quantitative estimate of drug-likeness (QED) is 0.530. The second-order valence-corrected chi connectivity index (χ2v) is 9.06. The third kappa shape index (κ3) is 5.13. The van der Waals surface area contributed by atoms with Crippen LogP contribution >= 0.6 is 11.6 Å². The van der Waals surface area contributed by atoms with Crippen LogP contribution in [0.1, 0.15) is 33.9 Å². The molecular weight excluding hydrogens is 429 g/mol. The molecule has 6 nitrogen and oxygen atoms in total. The highest BCUT2D eigenvalue weighted by atomic mass is 35.5. The number of aryl methyl sites for hydroxylation is 2. The van der Waals surface area contributed by atoms with Crippen molar-refractivity contribution in [2.24, 2.45) is 7.05 Å². The zero-order valence-electron chi connectivity index (χ0n) is 16.5. The fourth-order valence-electron chi connectivity index (χ4n) is 2.89. The number of aromatic nitrogens is 2. The summed E-state index contributed by atoms with van der Waals surface area (Å²) in [5.41, 5.74) is 3.13. The number of rotatable bonds is 8. The molecule has 0 saturated heterocycles. The third-order valence-corrected chi connectivity index (χ3v) is 6.56. The predicted molar refractivity (Wildman–Crippen MR) is 112 cm³/mol. The average Bonchev–Trinajstić information content (AvgIpc) is 3.05. The molecule has 0 fully saturated rings. The van der Waals surface area contributed by atoms with Gasteiger partial charge in [-0.15, -0.1) is 0 Å². The second-order valence-electron chi connectivity index (χ2n) is 6.89. The summed E-state index contributed by atoms with van der Waals surface area (Å²) < 4.78 is 42.3. The van der Waals surface area contributed by atoms with Crippen molar-refractivity contribution >= 4 is 27.4 Å². The lowest BCUT2D eigenvalue weighted by Crippen LogP contribution is -2.23. The van der Waals surface area contributed by atoms with Crippen molar-refractivity contribution in [3.63, 3.8) is 0 Å². The van der Waals surface area contributed by atoms with E-state index in [0.717, 1.165) is 29.6 Å². The van der Waals surface area contributed by atoms with Crippen LogP contribution in [0.15, 0.2) is 53.6 Å². The van der Waals surface area contributed by atoms with E-state index in [1.54, 1.807) is 12.1 Å². The lowest BCUT2D eigenvalue weighted by atomic mass is 10.1. The Morgan fingerprint density at radius 2 is 1.97 bits per heavy atom. The Morgan fingerprint density at radius 1 is 1.20 bits per heavy atom. The Kier molecular flexibility index (Phi) is 6.70. The molecule has 0 spiro atoms. The number of sulfonamides is 1. The number of nitrogens with one attached hydrogen (secondary N) is 1. The third-order valence-electron chi connectivity index (χ3n) is 4.88. The van der Waals surface area contributed by atoms with Crippen molar-refractivity contribution < 1.29 is 17.6 Å². The molecular formula is C21H21ClFN3O3S. The van der Waals surface area contributed by atoms with Gasteiger partial charge in [0.05, 0.1) is 22.2 Å². The molecule has 3 rings (SSSR count). The van der Waals surface area contributed by atoms with Crippen LogP contribution in [0.5, 0.6) is 0 Å². The van der Waals surface area contributed by atoms with Gasteiger partial charge in [-0.25, -0.2) is 17.5 Å². The molecule has 0 atom stereocenters. The minimum absolute atomic E-state index is 0.0329. The molecule has 0 unspecified atom stereocenters. The molecule has 0 saturated carbocycles. The number of nitrogens with zero attached hydrogens (tertiary/aromatic N) is 2. The summed E-state index contributed by atoms with van der Waals surface area (Å²) in [4.78, 5) is 16.4. The number of hydrogen-bond acceptors (Lipinski definition) is 4. The van der Waals surface area contributed by atoms with Crippen LogP contribution in [-0.2, 0) is 30.0 Å². The molecule has 0 aliphatic rings. The zero-order valence-corrected chi connectivity index (χ0v) is 18.1. The van der Waals surface area contributed by atoms with Gasteiger partial charge in [-0.3, -0.25) is 9.78 Å². The number of pyridine rings is 1. The summed E-state index contributed by atoms with van der Waals surface area (Å²) >= 11 is 5.65. The molecule has 1 aromatic carbocycles. The highest BCUT2D eigenvalue weighted by molar-refractivity contribution is 7.89. The monoisotopic (exact) mass is 449 g/mol. The molecule has 30 heavy (non-hydrogen) atoms. The molecule has 0 aliphatic carbocycles. The number of Topliss-reactive ketones (excluding diaryl/α,β-unsaturated/α-hetero) is 1. The molecule has 0 bridgehead atoms. The summed E-state index contributed by atoms with van der Waals surface area (Å²) in [5, 5.41) is -0.274. The number of carbonyl (C=O) groups is 1. The first-order chi connectivity index (χ1) is 14.2. The van der Waals surface area contributed by atoms with Gasteiger partial charge in [0.25, 0.3) is 0 Å². The molecule has 0 amide bonds. The smallest absolute Gasteiger partial charge is 0.240 e. The lowest BCUT2D eigenvalue weighted by Gasteiger charge is -2.08. The average molecular weight is 450 g/mol. The number of ketones is 1. The number of carbonyl (C=O) groups excluding carboxylic acids is 1. The van der Waals surface area contributed by atoms with Crippen LogP contribution in [0.2, 0.25) is 5.02 Å². The number of halogens is 2. The van der Waals surface area contributed by atoms with E-state index in [-0.39, 0.29) is 22.2 Å². The van der Waals surface area contributed by atoms with Gasteiger partial charge >= 0.3 is 0 Å². The molecule has 1 N–H and O–H groups in total. The van der Waals surface area contributed by atoms with Crippen molar-refractivity contribution in [3.05, 3.63) is 82.1 Å². The topological polar surface area (TPSA) is 81.1 Å². The van der Waals surface area contributed by atoms with Gasteiger partial charge in [-0.05, 0) is 55.8 Å². The van der Waals surface area contributed by atoms with Crippen molar-refractivity contribution in [2.75, 3.05) is 0 Å². The van der Waals surface area contributed by atoms with Crippen molar-refractivity contribution in [1.82, 2.24) is 14.3 Å². The highest BCUT2D eigenvalue weighted by Crippen LogP contribution is 2.19. The van der Waals surface area contributed by atoms with E-state index >= 15 is 0 Å². The van der Waals surface area contributed by atoms with Crippen LogP contribution in [-0.4, -0.2) is 23.8 Å². The molecule has 9 heteroatoms. The molecule has 0 aliphatic heterocycles. The number of hydrogen-bond donors (Lipinski definition) is 1. The summed E-state index contributed by atoms with van der Waals surface area (Å²) in [7, 11) is -1.91. The van der Waals surface area contributed by atoms with E-state index in [1.807, 2.05) is 26.1 Å². The summed E-state index contributed by atoms with van der Waals surface area (Å²) in [5.74, 6) is -0.728. The largest absolute Gasteiger partial charge is 0.352 e. The maximum Gasteiger partial charge on any atom is 0.240 e. The minimum atomic E-state index is -3.88. The van der Waals surface area contributed by atoms with Gasteiger partial charge in [-0.2, -0.15) is 0 Å². The Balaban J connectivity index is 1.59. The fraction of sp³-hybridized carbons (Fsp3) is 0.238. The summed E-state index contributed by atoms with van der Waals surface area (Å²) in [6.45, 7) is 1.93. The fourth-order valence-corrected chi connectivity index (χ4v) is 4.16. The first kappa shape index (κ1) is 22.1. The van der Waals surface area contributed by atoms with Crippen molar-refractivity contribution in [1.29, 1.82) is 0 Å². The van der Waals surface area contributed by atoms with E-state index in [9.17, 15) is 17.6 Å². The molecule has 2 aromatic heterocycles. The lowest BCUT2D eigenvalue weighted by molar-refractivity contribution is 0.0982. The van der Waals surface area contributed by atoms with Crippen LogP contribution < -0.4 is 4.72 Å². The highest BCUT2D eigenvalue weighted by Gasteiger charge is 2.16. The van der Waals surface area contributed by atoms with Gasteiger partial charge < -0.3 is 4.57 Å². The van der Waals surface area contributed by atoms with Gasteiger partial charge in [0.15, 0.2) is 5.78 Å². The van der Waals surface area contributed by atoms with Gasteiger partial charge in [-0.1, -0.05) is 11.6 Å². The van der Waals surface area contributed by atoms with Crippen molar-refractivity contribution in [2.45, 2.75) is 31.2 Å². The Bertz CT molecular complexity index is 1170.